The molecule has 7 nitrogen and oxygen atoms in total. The number of aromatic nitrogens is 2. The third-order valence-electron chi connectivity index (χ3n) is 3.28. The topological polar surface area (TPSA) is 92.5 Å². The zero-order valence-corrected chi connectivity index (χ0v) is 11.5. The molecule has 1 aliphatic heterocycles. The van der Waals surface area contributed by atoms with Crippen molar-refractivity contribution in [1.82, 2.24) is 14.1 Å². The minimum Gasteiger partial charge on any atom is -0.480 e. The van der Waals surface area contributed by atoms with Gasteiger partial charge in [0.1, 0.15) is 10.9 Å². The van der Waals surface area contributed by atoms with E-state index in [-0.39, 0.29) is 11.4 Å². The van der Waals surface area contributed by atoms with E-state index in [0.29, 0.717) is 19.4 Å². The molecule has 1 fully saturated rings. The highest BCUT2D eigenvalue weighted by atomic mass is 32.2. The van der Waals surface area contributed by atoms with Gasteiger partial charge < -0.3 is 5.11 Å². The van der Waals surface area contributed by atoms with Crippen LogP contribution < -0.4 is 0 Å². The molecule has 1 unspecified atom stereocenters. The number of piperidine rings is 1. The molecule has 2 heterocycles. The lowest BCUT2D eigenvalue weighted by Gasteiger charge is -2.31. The lowest BCUT2D eigenvalue weighted by Crippen LogP contribution is -2.47. The summed E-state index contributed by atoms with van der Waals surface area (Å²) in [4.78, 5) is 11.2. The minimum atomic E-state index is -3.78. The molecule has 0 bridgehead atoms. The van der Waals surface area contributed by atoms with Crippen molar-refractivity contribution in [3.05, 3.63) is 12.4 Å². The summed E-state index contributed by atoms with van der Waals surface area (Å²) in [6, 6.07) is -0.969. The van der Waals surface area contributed by atoms with Crippen LogP contribution in [0.5, 0.6) is 0 Å². The number of carboxylic acid groups (broad SMARTS) is 1. The Labute approximate surface area is 111 Å². The van der Waals surface area contributed by atoms with E-state index < -0.39 is 22.0 Å². The van der Waals surface area contributed by atoms with Crippen LogP contribution in [0.1, 0.15) is 26.2 Å². The molecule has 1 aromatic rings. The summed E-state index contributed by atoms with van der Waals surface area (Å²) in [5.74, 6) is -1.09. The molecular formula is C11H17N3O4S. The maximum atomic E-state index is 12.4. The SMILES string of the molecule is CCn1cc(S(=O)(=O)N2CCCCC2C(=O)O)cn1. The van der Waals surface area contributed by atoms with E-state index in [1.54, 1.807) is 0 Å². The van der Waals surface area contributed by atoms with Gasteiger partial charge >= 0.3 is 5.97 Å². The molecule has 0 saturated carbocycles. The highest BCUT2D eigenvalue weighted by Crippen LogP contribution is 2.25. The van der Waals surface area contributed by atoms with Crippen LogP contribution in [0.2, 0.25) is 0 Å². The maximum absolute atomic E-state index is 12.4. The third-order valence-corrected chi connectivity index (χ3v) is 5.14. The van der Waals surface area contributed by atoms with Gasteiger partial charge in [-0.1, -0.05) is 0 Å². The molecule has 106 valence electrons. The molecule has 0 radical (unpaired) electrons. The summed E-state index contributed by atoms with van der Waals surface area (Å²) >= 11 is 0. The molecule has 1 atom stereocenters. The number of carbonyl (C=O) groups is 1. The number of hydrogen-bond donors (Lipinski definition) is 1. The molecule has 0 amide bonds. The fourth-order valence-electron chi connectivity index (χ4n) is 2.23. The van der Waals surface area contributed by atoms with Crippen LogP contribution in [0.4, 0.5) is 0 Å². The van der Waals surface area contributed by atoms with E-state index in [1.165, 1.54) is 17.1 Å². The van der Waals surface area contributed by atoms with Gasteiger partial charge in [-0.2, -0.15) is 9.40 Å². The quantitative estimate of drug-likeness (QED) is 0.872. The summed E-state index contributed by atoms with van der Waals surface area (Å²) in [5.41, 5.74) is 0. The van der Waals surface area contributed by atoms with Gasteiger partial charge in [0.2, 0.25) is 10.0 Å². The molecule has 19 heavy (non-hydrogen) atoms. The monoisotopic (exact) mass is 287 g/mol. The molecule has 1 N–H and O–H groups in total. The van der Waals surface area contributed by atoms with Crippen LogP contribution in [0.25, 0.3) is 0 Å². The summed E-state index contributed by atoms with van der Waals surface area (Å²) < 4.78 is 27.5. The molecule has 1 aromatic heterocycles. The minimum absolute atomic E-state index is 0.0579. The Morgan fingerprint density at radius 3 is 2.84 bits per heavy atom. The second-order valence-electron chi connectivity index (χ2n) is 4.50. The average molecular weight is 287 g/mol. The van der Waals surface area contributed by atoms with Gasteiger partial charge in [-0.25, -0.2) is 8.42 Å². The van der Waals surface area contributed by atoms with E-state index >= 15 is 0 Å². The van der Waals surface area contributed by atoms with Crippen LogP contribution in [0.15, 0.2) is 17.3 Å². The molecule has 0 aliphatic carbocycles. The summed E-state index contributed by atoms with van der Waals surface area (Å²) in [7, 11) is -3.78. The third kappa shape index (κ3) is 2.64. The van der Waals surface area contributed by atoms with Gasteiger partial charge in [-0.05, 0) is 26.2 Å². The highest BCUT2D eigenvalue weighted by Gasteiger charge is 2.38. The number of sulfonamides is 1. The van der Waals surface area contributed by atoms with Crippen LogP contribution in [-0.4, -0.2) is 46.2 Å². The summed E-state index contributed by atoms with van der Waals surface area (Å²) in [5, 5.41) is 13.1. The lowest BCUT2D eigenvalue weighted by molar-refractivity contribution is -0.142. The Bertz CT molecular complexity index is 566. The number of nitrogens with zero attached hydrogens (tertiary/aromatic N) is 3. The van der Waals surface area contributed by atoms with Crippen LogP contribution >= 0.6 is 0 Å². The Balaban J connectivity index is 2.34. The van der Waals surface area contributed by atoms with Crippen molar-refractivity contribution >= 4 is 16.0 Å². The van der Waals surface area contributed by atoms with E-state index in [4.69, 9.17) is 5.11 Å². The predicted octanol–water partition coefficient (Wildman–Crippen LogP) is 0.531. The van der Waals surface area contributed by atoms with Gasteiger partial charge in [0, 0.05) is 19.3 Å². The Morgan fingerprint density at radius 1 is 1.53 bits per heavy atom. The second-order valence-corrected chi connectivity index (χ2v) is 6.39. The summed E-state index contributed by atoms with van der Waals surface area (Å²) in [6.07, 6.45) is 4.48. The van der Waals surface area contributed by atoms with Crippen molar-refractivity contribution in [1.29, 1.82) is 0 Å². The smallest absolute Gasteiger partial charge is 0.322 e. The fraction of sp³-hybridized carbons (Fsp3) is 0.636. The first-order chi connectivity index (χ1) is 8.96. The van der Waals surface area contributed by atoms with Crippen LogP contribution in [0.3, 0.4) is 0 Å². The first-order valence-electron chi connectivity index (χ1n) is 6.24. The number of rotatable bonds is 4. The normalized spacial score (nSPS) is 21.4. The van der Waals surface area contributed by atoms with E-state index in [1.807, 2.05) is 6.92 Å². The largest absolute Gasteiger partial charge is 0.480 e. The fourth-order valence-corrected chi connectivity index (χ4v) is 3.83. The molecular weight excluding hydrogens is 270 g/mol. The highest BCUT2D eigenvalue weighted by molar-refractivity contribution is 7.89. The second kappa shape index (κ2) is 5.30. The van der Waals surface area contributed by atoms with Crippen LogP contribution in [-0.2, 0) is 21.4 Å². The molecule has 1 saturated heterocycles. The zero-order chi connectivity index (χ0) is 14.0. The Morgan fingerprint density at radius 2 is 2.26 bits per heavy atom. The molecule has 0 spiro atoms. The lowest BCUT2D eigenvalue weighted by atomic mass is 10.1. The van der Waals surface area contributed by atoms with Crippen molar-refractivity contribution in [2.24, 2.45) is 0 Å². The van der Waals surface area contributed by atoms with Gasteiger partial charge in [0.25, 0.3) is 0 Å². The first-order valence-corrected chi connectivity index (χ1v) is 7.68. The van der Waals surface area contributed by atoms with E-state index in [0.717, 1.165) is 10.7 Å². The number of carboxylic acids is 1. The molecule has 8 heteroatoms. The number of aliphatic carboxylic acids is 1. The first kappa shape index (κ1) is 14.0. The molecule has 1 aliphatic rings. The van der Waals surface area contributed by atoms with Gasteiger partial charge in [0.15, 0.2) is 0 Å². The van der Waals surface area contributed by atoms with E-state index in [9.17, 15) is 13.2 Å². The van der Waals surface area contributed by atoms with Crippen molar-refractivity contribution in [3.63, 3.8) is 0 Å². The molecule has 0 aromatic carbocycles. The standard InChI is InChI=1S/C11H17N3O4S/c1-2-13-8-9(7-12-13)19(17,18)14-6-4-3-5-10(14)11(15)16/h7-8,10H,2-6H2,1H3,(H,15,16). The van der Waals surface area contributed by atoms with Crippen molar-refractivity contribution in [3.8, 4) is 0 Å². The van der Waals surface area contributed by atoms with Crippen LogP contribution in [0, 0.1) is 0 Å². The Kier molecular flexibility index (Phi) is 3.91. The Hall–Kier alpha value is -1.41. The number of aryl methyl sites for hydroxylation is 1. The van der Waals surface area contributed by atoms with Crippen molar-refractivity contribution in [2.75, 3.05) is 6.54 Å². The van der Waals surface area contributed by atoms with E-state index in [2.05, 4.69) is 5.10 Å². The predicted molar refractivity (Wildman–Crippen MR) is 67.1 cm³/mol. The maximum Gasteiger partial charge on any atom is 0.322 e. The summed E-state index contributed by atoms with van der Waals surface area (Å²) in [6.45, 7) is 2.67. The van der Waals surface area contributed by atoms with Gasteiger partial charge in [-0.15, -0.1) is 0 Å². The van der Waals surface area contributed by atoms with Crippen molar-refractivity contribution in [2.45, 2.75) is 43.7 Å². The zero-order valence-electron chi connectivity index (χ0n) is 10.7. The average Bonchev–Trinajstić information content (AvgIpc) is 2.88. The van der Waals surface area contributed by atoms with Crippen molar-refractivity contribution < 1.29 is 18.3 Å². The van der Waals surface area contributed by atoms with Gasteiger partial charge in [0.05, 0.1) is 6.20 Å². The molecule has 2 rings (SSSR count). The van der Waals surface area contributed by atoms with Gasteiger partial charge in [-0.3, -0.25) is 9.48 Å². The number of hydrogen-bond acceptors (Lipinski definition) is 4.